The molecular weight excluding hydrogens is 216 g/mol. The highest BCUT2D eigenvalue weighted by atomic mass is 16.3. The van der Waals surface area contributed by atoms with Gasteiger partial charge >= 0.3 is 0 Å². The summed E-state index contributed by atoms with van der Waals surface area (Å²) in [6.45, 7) is 8.04. The van der Waals surface area contributed by atoms with Gasteiger partial charge in [0.25, 0.3) is 0 Å². The molecule has 0 bridgehead atoms. The van der Waals surface area contributed by atoms with Crippen LogP contribution in [0.2, 0.25) is 0 Å². The van der Waals surface area contributed by atoms with Gasteiger partial charge in [-0.25, -0.2) is 0 Å². The standard InChI is InChI=1S/C13H26N2O2/c1-10(2)5-8-15-11(3)6-7-14(4)12(9-16)13(15)17/h10-12,16H,5-9H2,1-4H3. The molecule has 1 aliphatic rings. The lowest BCUT2D eigenvalue weighted by Crippen LogP contribution is -2.48. The summed E-state index contributed by atoms with van der Waals surface area (Å²) in [6.07, 6.45) is 2.01. The number of aliphatic hydroxyl groups is 1. The van der Waals surface area contributed by atoms with Gasteiger partial charge in [-0.15, -0.1) is 0 Å². The van der Waals surface area contributed by atoms with Crippen LogP contribution in [0.4, 0.5) is 0 Å². The molecule has 1 rings (SSSR count). The zero-order valence-corrected chi connectivity index (χ0v) is 11.5. The third-order valence-corrected chi connectivity index (χ3v) is 3.65. The number of amides is 1. The summed E-state index contributed by atoms with van der Waals surface area (Å²) in [6, 6.07) is -0.0765. The van der Waals surface area contributed by atoms with E-state index in [9.17, 15) is 9.90 Å². The van der Waals surface area contributed by atoms with Crippen LogP contribution in [-0.2, 0) is 4.79 Å². The smallest absolute Gasteiger partial charge is 0.242 e. The van der Waals surface area contributed by atoms with Gasteiger partial charge in [0.05, 0.1) is 6.61 Å². The number of aliphatic hydroxyl groups excluding tert-OH is 1. The predicted octanol–water partition coefficient (Wildman–Crippen LogP) is 0.946. The van der Waals surface area contributed by atoms with E-state index in [1.165, 1.54) is 0 Å². The first-order chi connectivity index (χ1) is 7.97. The molecule has 0 aromatic rings. The molecule has 2 unspecified atom stereocenters. The molecule has 0 aliphatic carbocycles. The monoisotopic (exact) mass is 242 g/mol. The van der Waals surface area contributed by atoms with Crippen molar-refractivity contribution in [3.05, 3.63) is 0 Å². The summed E-state index contributed by atoms with van der Waals surface area (Å²) < 4.78 is 0. The van der Waals surface area contributed by atoms with E-state index < -0.39 is 0 Å². The van der Waals surface area contributed by atoms with E-state index >= 15 is 0 Å². The highest BCUT2D eigenvalue weighted by Crippen LogP contribution is 2.17. The molecule has 17 heavy (non-hydrogen) atoms. The molecule has 4 heteroatoms. The van der Waals surface area contributed by atoms with Crippen molar-refractivity contribution >= 4 is 5.91 Å². The van der Waals surface area contributed by atoms with Crippen molar-refractivity contribution in [2.75, 3.05) is 26.7 Å². The minimum Gasteiger partial charge on any atom is -0.394 e. The van der Waals surface area contributed by atoms with Gasteiger partial charge in [0.1, 0.15) is 6.04 Å². The van der Waals surface area contributed by atoms with Crippen LogP contribution >= 0.6 is 0 Å². The Labute approximate surface area is 105 Å². The first-order valence-corrected chi connectivity index (χ1v) is 6.59. The number of rotatable bonds is 4. The minimum atomic E-state index is -0.355. The van der Waals surface area contributed by atoms with E-state index in [-0.39, 0.29) is 24.6 Å². The molecule has 0 saturated carbocycles. The molecule has 1 amide bonds. The van der Waals surface area contributed by atoms with Crippen LogP contribution in [0, 0.1) is 5.92 Å². The van der Waals surface area contributed by atoms with Crippen molar-refractivity contribution < 1.29 is 9.90 Å². The molecule has 0 aromatic carbocycles. The average molecular weight is 242 g/mol. The molecule has 1 aliphatic heterocycles. The first-order valence-electron chi connectivity index (χ1n) is 6.59. The van der Waals surface area contributed by atoms with Crippen LogP contribution in [0.25, 0.3) is 0 Å². The van der Waals surface area contributed by atoms with Gasteiger partial charge in [0.15, 0.2) is 0 Å². The highest BCUT2D eigenvalue weighted by Gasteiger charge is 2.33. The van der Waals surface area contributed by atoms with Crippen LogP contribution in [0.5, 0.6) is 0 Å². The maximum absolute atomic E-state index is 12.3. The minimum absolute atomic E-state index is 0.0831. The van der Waals surface area contributed by atoms with Crippen molar-refractivity contribution in [2.24, 2.45) is 5.92 Å². The van der Waals surface area contributed by atoms with Gasteiger partial charge in [-0.2, -0.15) is 0 Å². The second-order valence-electron chi connectivity index (χ2n) is 5.53. The van der Waals surface area contributed by atoms with Gasteiger partial charge in [-0.3, -0.25) is 9.69 Å². The molecule has 100 valence electrons. The Kier molecular flexibility index (Phi) is 5.40. The fourth-order valence-corrected chi connectivity index (χ4v) is 2.24. The lowest BCUT2D eigenvalue weighted by molar-refractivity contribution is -0.138. The zero-order valence-electron chi connectivity index (χ0n) is 11.5. The van der Waals surface area contributed by atoms with Crippen LogP contribution in [0.3, 0.4) is 0 Å². The van der Waals surface area contributed by atoms with Gasteiger partial charge in [0.2, 0.25) is 5.91 Å². The summed E-state index contributed by atoms with van der Waals surface area (Å²) in [7, 11) is 1.91. The quantitative estimate of drug-likeness (QED) is 0.798. The fourth-order valence-electron chi connectivity index (χ4n) is 2.24. The Morgan fingerprint density at radius 3 is 2.65 bits per heavy atom. The van der Waals surface area contributed by atoms with Gasteiger partial charge in [0, 0.05) is 19.1 Å². The van der Waals surface area contributed by atoms with Crippen molar-refractivity contribution in [3.8, 4) is 0 Å². The Hall–Kier alpha value is -0.610. The zero-order chi connectivity index (χ0) is 13.0. The summed E-state index contributed by atoms with van der Waals surface area (Å²) in [5.41, 5.74) is 0. The third kappa shape index (κ3) is 3.68. The van der Waals surface area contributed by atoms with Crippen molar-refractivity contribution in [2.45, 2.75) is 45.7 Å². The molecular formula is C13H26N2O2. The maximum atomic E-state index is 12.3. The Morgan fingerprint density at radius 2 is 2.12 bits per heavy atom. The Morgan fingerprint density at radius 1 is 1.47 bits per heavy atom. The Bertz CT molecular complexity index is 256. The van der Waals surface area contributed by atoms with E-state index in [4.69, 9.17) is 0 Å². The van der Waals surface area contributed by atoms with Gasteiger partial charge in [-0.05, 0) is 32.7 Å². The first kappa shape index (κ1) is 14.5. The average Bonchev–Trinajstić information content (AvgIpc) is 2.35. The van der Waals surface area contributed by atoms with Crippen LogP contribution in [0.15, 0.2) is 0 Å². The van der Waals surface area contributed by atoms with E-state index in [1.54, 1.807) is 0 Å². The largest absolute Gasteiger partial charge is 0.394 e. The van der Waals surface area contributed by atoms with E-state index in [0.717, 1.165) is 25.9 Å². The van der Waals surface area contributed by atoms with Crippen molar-refractivity contribution in [1.82, 2.24) is 9.80 Å². The Balaban J connectivity index is 2.73. The SMILES string of the molecule is CC(C)CCN1C(=O)C(CO)N(C)CCC1C. The number of carbonyl (C=O) groups excluding carboxylic acids is 1. The lowest BCUT2D eigenvalue weighted by Gasteiger charge is -2.30. The molecule has 2 atom stereocenters. The fraction of sp³-hybridized carbons (Fsp3) is 0.923. The van der Waals surface area contributed by atoms with Crippen LogP contribution < -0.4 is 0 Å². The number of hydrogen-bond acceptors (Lipinski definition) is 3. The molecule has 4 nitrogen and oxygen atoms in total. The molecule has 0 spiro atoms. The van der Waals surface area contributed by atoms with E-state index in [1.807, 2.05) is 16.8 Å². The molecule has 0 aromatic heterocycles. The van der Waals surface area contributed by atoms with E-state index in [2.05, 4.69) is 20.8 Å². The molecule has 0 radical (unpaired) electrons. The third-order valence-electron chi connectivity index (χ3n) is 3.65. The van der Waals surface area contributed by atoms with E-state index in [0.29, 0.717) is 5.92 Å². The topological polar surface area (TPSA) is 43.8 Å². The molecule has 1 heterocycles. The predicted molar refractivity (Wildman–Crippen MR) is 68.8 cm³/mol. The molecule has 1 N–H and O–H groups in total. The number of likely N-dealkylation sites (N-methyl/N-ethyl adjacent to an activating group) is 1. The molecule has 1 fully saturated rings. The van der Waals surface area contributed by atoms with Crippen LogP contribution in [-0.4, -0.2) is 59.6 Å². The van der Waals surface area contributed by atoms with Crippen molar-refractivity contribution in [1.29, 1.82) is 0 Å². The number of nitrogens with zero attached hydrogens (tertiary/aromatic N) is 2. The summed E-state index contributed by atoms with van der Waals surface area (Å²) in [5.74, 6) is 0.684. The second-order valence-corrected chi connectivity index (χ2v) is 5.53. The number of carbonyl (C=O) groups is 1. The summed E-state index contributed by atoms with van der Waals surface area (Å²) in [5, 5.41) is 9.35. The number of hydrogen-bond donors (Lipinski definition) is 1. The molecule has 1 saturated heterocycles. The lowest BCUT2D eigenvalue weighted by atomic mass is 10.1. The summed E-state index contributed by atoms with van der Waals surface area (Å²) in [4.78, 5) is 16.2. The maximum Gasteiger partial charge on any atom is 0.242 e. The van der Waals surface area contributed by atoms with Gasteiger partial charge < -0.3 is 10.0 Å². The summed E-state index contributed by atoms with van der Waals surface area (Å²) >= 11 is 0. The van der Waals surface area contributed by atoms with Gasteiger partial charge in [-0.1, -0.05) is 13.8 Å². The van der Waals surface area contributed by atoms with Crippen LogP contribution in [0.1, 0.15) is 33.6 Å². The highest BCUT2D eigenvalue weighted by molar-refractivity contribution is 5.82. The van der Waals surface area contributed by atoms with Crippen molar-refractivity contribution in [3.63, 3.8) is 0 Å². The second kappa shape index (κ2) is 6.36. The normalized spacial score (nSPS) is 27.6.